The van der Waals surface area contributed by atoms with Gasteiger partial charge in [-0.1, -0.05) is 52.9 Å². The molecule has 0 aromatic heterocycles. The van der Waals surface area contributed by atoms with Gasteiger partial charge in [-0.3, -0.25) is 0 Å². The lowest BCUT2D eigenvalue weighted by Crippen LogP contribution is -2.48. The Bertz CT molecular complexity index is 290. The highest BCUT2D eigenvalue weighted by Gasteiger charge is 2.43. The molecule has 0 fully saturated rings. The van der Waals surface area contributed by atoms with E-state index in [0.29, 0.717) is 6.42 Å². The van der Waals surface area contributed by atoms with E-state index >= 15 is 0 Å². The highest BCUT2D eigenvalue weighted by Crippen LogP contribution is 2.38. The van der Waals surface area contributed by atoms with Crippen molar-refractivity contribution in [2.45, 2.75) is 83.5 Å². The number of carbonyl (C=O) groups is 1. The van der Waals surface area contributed by atoms with E-state index in [2.05, 4.69) is 6.92 Å². The molecule has 4 nitrogen and oxygen atoms in total. The van der Waals surface area contributed by atoms with E-state index in [0.717, 1.165) is 19.3 Å². The number of carboxylic acids is 1. The Kier molecular flexibility index (Phi) is 8.62. The molecule has 120 valence electrons. The predicted octanol–water partition coefficient (Wildman–Crippen LogP) is 3.79. The maximum Gasteiger partial charge on any atom is 0.331 e. The fourth-order valence-electron chi connectivity index (χ4n) is 1.87. The standard InChI is InChI=1S/C15H32O4Si/c1-6-7-8-9-10-11-13(14(17)18)19-20(4,5)15(2,3)12-16/h13,16H,6-12H2,1-5H3,(H,17,18). The molecule has 0 saturated carbocycles. The Balaban J connectivity index is 4.44. The number of hydrogen-bond donors (Lipinski definition) is 2. The molecule has 0 aliphatic heterocycles. The lowest BCUT2D eigenvalue weighted by molar-refractivity contribution is -0.146. The molecule has 0 aliphatic rings. The van der Waals surface area contributed by atoms with Crippen LogP contribution in [-0.2, 0) is 9.22 Å². The number of aliphatic hydroxyl groups excluding tert-OH is 1. The van der Waals surface area contributed by atoms with Gasteiger partial charge in [0.1, 0.15) is 6.10 Å². The van der Waals surface area contributed by atoms with Gasteiger partial charge >= 0.3 is 5.97 Å². The third-order valence-corrected chi connectivity index (χ3v) is 8.60. The summed E-state index contributed by atoms with van der Waals surface area (Å²) in [7, 11) is -2.26. The first-order valence-electron chi connectivity index (χ1n) is 7.69. The second-order valence-electron chi connectivity index (χ2n) is 6.70. The van der Waals surface area contributed by atoms with Crippen molar-refractivity contribution in [3.63, 3.8) is 0 Å². The second-order valence-corrected chi connectivity index (χ2v) is 11.3. The van der Waals surface area contributed by atoms with Crippen LogP contribution in [0.3, 0.4) is 0 Å². The van der Waals surface area contributed by atoms with Crippen LogP contribution in [0, 0.1) is 0 Å². The smallest absolute Gasteiger partial charge is 0.331 e. The molecular formula is C15H32O4Si. The molecule has 0 aromatic rings. The number of unbranched alkanes of at least 4 members (excludes halogenated alkanes) is 4. The molecule has 2 N–H and O–H groups in total. The van der Waals surface area contributed by atoms with E-state index < -0.39 is 20.4 Å². The monoisotopic (exact) mass is 304 g/mol. The third kappa shape index (κ3) is 6.37. The summed E-state index contributed by atoms with van der Waals surface area (Å²) in [5.74, 6) is -0.880. The van der Waals surface area contributed by atoms with Gasteiger partial charge in [0, 0.05) is 11.6 Å². The third-order valence-electron chi connectivity index (χ3n) is 4.31. The van der Waals surface area contributed by atoms with Crippen molar-refractivity contribution in [1.82, 2.24) is 0 Å². The van der Waals surface area contributed by atoms with Crippen LogP contribution in [0.5, 0.6) is 0 Å². The summed E-state index contributed by atoms with van der Waals surface area (Å²) in [6, 6.07) is 0. The molecule has 1 atom stereocenters. The minimum Gasteiger partial charge on any atom is -0.479 e. The molecule has 0 bridgehead atoms. The fraction of sp³-hybridized carbons (Fsp3) is 0.933. The van der Waals surface area contributed by atoms with Crippen LogP contribution in [0.2, 0.25) is 18.1 Å². The van der Waals surface area contributed by atoms with Crippen LogP contribution in [0.4, 0.5) is 0 Å². The first-order chi connectivity index (χ1) is 9.18. The summed E-state index contributed by atoms with van der Waals surface area (Å²) in [4.78, 5) is 11.3. The number of aliphatic hydroxyl groups is 1. The Labute approximate surface area is 124 Å². The Hall–Kier alpha value is -0.393. The Morgan fingerprint density at radius 3 is 2.20 bits per heavy atom. The average Bonchev–Trinajstić information content (AvgIpc) is 2.36. The zero-order valence-corrected chi connectivity index (χ0v) is 14.7. The van der Waals surface area contributed by atoms with Gasteiger partial charge in [-0.2, -0.15) is 0 Å². The topological polar surface area (TPSA) is 66.8 Å². The normalized spacial score (nSPS) is 14.3. The van der Waals surface area contributed by atoms with Crippen molar-refractivity contribution in [2.24, 2.45) is 0 Å². The maximum atomic E-state index is 11.3. The van der Waals surface area contributed by atoms with Crippen LogP contribution < -0.4 is 0 Å². The summed E-state index contributed by atoms with van der Waals surface area (Å²) in [6.07, 6.45) is 5.33. The molecule has 1 unspecified atom stereocenters. The zero-order chi connectivity index (χ0) is 15.8. The lowest BCUT2D eigenvalue weighted by Gasteiger charge is -2.39. The van der Waals surface area contributed by atoms with Gasteiger partial charge in [-0.15, -0.1) is 0 Å². The quantitative estimate of drug-likeness (QED) is 0.450. The summed E-state index contributed by atoms with van der Waals surface area (Å²) >= 11 is 0. The van der Waals surface area contributed by atoms with Crippen LogP contribution in [0.1, 0.15) is 59.3 Å². The Morgan fingerprint density at radius 1 is 1.20 bits per heavy atom. The largest absolute Gasteiger partial charge is 0.479 e. The van der Waals surface area contributed by atoms with Crippen LogP contribution in [0.15, 0.2) is 0 Å². The van der Waals surface area contributed by atoms with Crippen molar-refractivity contribution in [3.05, 3.63) is 0 Å². The zero-order valence-electron chi connectivity index (χ0n) is 13.7. The minimum absolute atomic E-state index is 0.0229. The first-order valence-corrected chi connectivity index (χ1v) is 10.6. The van der Waals surface area contributed by atoms with Gasteiger partial charge in [0.15, 0.2) is 8.32 Å². The van der Waals surface area contributed by atoms with E-state index in [9.17, 15) is 15.0 Å². The van der Waals surface area contributed by atoms with Gasteiger partial charge < -0.3 is 14.6 Å². The molecule has 0 radical (unpaired) electrons. The molecule has 0 heterocycles. The molecule has 0 saturated heterocycles. The van der Waals surface area contributed by atoms with Crippen molar-refractivity contribution in [3.8, 4) is 0 Å². The number of hydrogen-bond acceptors (Lipinski definition) is 3. The highest BCUT2D eigenvalue weighted by atomic mass is 28.4. The fourth-order valence-corrected chi connectivity index (χ4v) is 3.50. The summed E-state index contributed by atoms with van der Waals surface area (Å²) in [6.45, 7) is 10.0. The first kappa shape index (κ1) is 19.6. The van der Waals surface area contributed by atoms with Crippen molar-refractivity contribution in [1.29, 1.82) is 0 Å². The molecule has 0 amide bonds. The van der Waals surface area contributed by atoms with Crippen LogP contribution >= 0.6 is 0 Å². The lowest BCUT2D eigenvalue weighted by atomic mass is 10.1. The van der Waals surface area contributed by atoms with E-state index in [1.807, 2.05) is 26.9 Å². The number of carboxylic acid groups (broad SMARTS) is 1. The van der Waals surface area contributed by atoms with E-state index in [1.54, 1.807) is 0 Å². The van der Waals surface area contributed by atoms with Crippen molar-refractivity contribution < 1.29 is 19.4 Å². The summed E-state index contributed by atoms with van der Waals surface area (Å²) in [5, 5.41) is 18.4. The average molecular weight is 305 g/mol. The molecular weight excluding hydrogens is 272 g/mol. The number of aliphatic carboxylic acids is 1. The van der Waals surface area contributed by atoms with Gasteiger partial charge in [0.25, 0.3) is 0 Å². The Morgan fingerprint density at radius 2 is 1.75 bits per heavy atom. The molecule has 0 aliphatic carbocycles. The van der Waals surface area contributed by atoms with Crippen LogP contribution in [-0.4, -0.2) is 37.2 Å². The second kappa shape index (κ2) is 8.80. The van der Waals surface area contributed by atoms with Gasteiger partial charge in [-0.25, -0.2) is 4.79 Å². The molecule has 0 aromatic carbocycles. The molecule has 0 rings (SSSR count). The molecule has 0 spiro atoms. The van der Waals surface area contributed by atoms with E-state index in [4.69, 9.17) is 4.43 Å². The van der Waals surface area contributed by atoms with Crippen molar-refractivity contribution in [2.75, 3.05) is 6.61 Å². The van der Waals surface area contributed by atoms with E-state index in [1.165, 1.54) is 12.8 Å². The summed E-state index contributed by atoms with van der Waals surface area (Å²) < 4.78 is 5.94. The van der Waals surface area contributed by atoms with Crippen molar-refractivity contribution >= 4 is 14.3 Å². The minimum atomic E-state index is -2.26. The highest BCUT2D eigenvalue weighted by molar-refractivity contribution is 6.74. The van der Waals surface area contributed by atoms with Gasteiger partial charge in [0.05, 0.1) is 0 Å². The van der Waals surface area contributed by atoms with E-state index in [-0.39, 0.29) is 11.6 Å². The summed E-state index contributed by atoms with van der Waals surface area (Å²) in [5.41, 5.74) is 0. The van der Waals surface area contributed by atoms with Crippen LogP contribution in [0.25, 0.3) is 0 Å². The molecule has 5 heteroatoms. The van der Waals surface area contributed by atoms with Gasteiger partial charge in [-0.05, 0) is 19.5 Å². The number of rotatable bonds is 11. The molecule has 20 heavy (non-hydrogen) atoms. The van der Waals surface area contributed by atoms with Gasteiger partial charge in [0.2, 0.25) is 0 Å². The maximum absolute atomic E-state index is 11.3. The predicted molar refractivity (Wildman–Crippen MR) is 84.5 cm³/mol. The SMILES string of the molecule is CCCCCCCC(O[Si](C)(C)C(C)(C)CO)C(=O)O.